The standard InChI is InChI=1S/C16H16BrFO2/c1-10-5-4-6-11(7-10)16(17)12-8-14(19-2)15(20-3)9-13(12)18/h4-9,16H,1-3H3. The molecule has 0 aliphatic carbocycles. The molecule has 20 heavy (non-hydrogen) atoms. The van der Waals surface area contributed by atoms with Crippen LogP contribution in [0.2, 0.25) is 0 Å². The van der Waals surface area contributed by atoms with Crippen molar-refractivity contribution in [3.05, 3.63) is 58.9 Å². The lowest BCUT2D eigenvalue weighted by Crippen LogP contribution is -2.00. The molecule has 1 atom stereocenters. The maximum atomic E-state index is 14.2. The van der Waals surface area contributed by atoms with Crippen molar-refractivity contribution in [3.63, 3.8) is 0 Å². The zero-order valence-corrected chi connectivity index (χ0v) is 13.2. The first kappa shape index (κ1) is 14.9. The normalized spacial score (nSPS) is 12.1. The molecule has 0 saturated carbocycles. The highest BCUT2D eigenvalue weighted by Crippen LogP contribution is 2.38. The molecular formula is C16H16BrFO2. The zero-order chi connectivity index (χ0) is 14.7. The molecule has 0 radical (unpaired) electrons. The van der Waals surface area contributed by atoms with Crippen LogP contribution in [0, 0.1) is 12.7 Å². The summed E-state index contributed by atoms with van der Waals surface area (Å²) in [5, 5.41) is 0. The SMILES string of the molecule is COc1cc(F)c(C(Br)c2cccc(C)c2)cc1OC. The van der Waals surface area contributed by atoms with E-state index in [9.17, 15) is 4.39 Å². The van der Waals surface area contributed by atoms with Gasteiger partial charge in [0.05, 0.1) is 19.0 Å². The summed E-state index contributed by atoms with van der Waals surface area (Å²) in [6.07, 6.45) is 0. The highest BCUT2D eigenvalue weighted by atomic mass is 79.9. The van der Waals surface area contributed by atoms with Gasteiger partial charge in [-0.05, 0) is 18.6 Å². The number of halogens is 2. The van der Waals surface area contributed by atoms with Crippen LogP contribution in [-0.2, 0) is 0 Å². The lowest BCUT2D eigenvalue weighted by Gasteiger charge is -2.15. The lowest BCUT2D eigenvalue weighted by molar-refractivity contribution is 0.351. The maximum Gasteiger partial charge on any atom is 0.163 e. The molecule has 4 heteroatoms. The van der Waals surface area contributed by atoms with Gasteiger partial charge in [-0.2, -0.15) is 0 Å². The van der Waals surface area contributed by atoms with E-state index in [-0.39, 0.29) is 10.6 Å². The number of aryl methyl sites for hydroxylation is 1. The van der Waals surface area contributed by atoms with E-state index in [1.54, 1.807) is 6.07 Å². The van der Waals surface area contributed by atoms with Crippen molar-refractivity contribution >= 4 is 15.9 Å². The van der Waals surface area contributed by atoms with Gasteiger partial charge in [0, 0.05) is 11.6 Å². The Hall–Kier alpha value is -1.55. The fraction of sp³-hybridized carbons (Fsp3) is 0.250. The molecule has 0 N–H and O–H groups in total. The minimum atomic E-state index is -0.328. The predicted molar refractivity (Wildman–Crippen MR) is 81.5 cm³/mol. The average Bonchev–Trinajstić information content (AvgIpc) is 2.46. The quantitative estimate of drug-likeness (QED) is 0.756. The largest absolute Gasteiger partial charge is 0.493 e. The fourth-order valence-electron chi connectivity index (χ4n) is 2.07. The van der Waals surface area contributed by atoms with Gasteiger partial charge in [0.15, 0.2) is 11.5 Å². The Morgan fingerprint density at radius 3 is 2.30 bits per heavy atom. The van der Waals surface area contributed by atoms with Crippen LogP contribution in [-0.4, -0.2) is 14.2 Å². The van der Waals surface area contributed by atoms with Gasteiger partial charge in [0.25, 0.3) is 0 Å². The van der Waals surface area contributed by atoms with E-state index in [1.165, 1.54) is 20.3 Å². The first-order valence-electron chi connectivity index (χ1n) is 6.19. The molecule has 1 unspecified atom stereocenters. The molecule has 2 aromatic rings. The van der Waals surface area contributed by atoms with Crippen molar-refractivity contribution in [2.24, 2.45) is 0 Å². The summed E-state index contributed by atoms with van der Waals surface area (Å²) in [6.45, 7) is 2.01. The summed E-state index contributed by atoms with van der Waals surface area (Å²) in [6, 6.07) is 11.0. The molecule has 0 spiro atoms. The molecule has 2 nitrogen and oxygen atoms in total. The molecule has 0 heterocycles. The van der Waals surface area contributed by atoms with Crippen LogP contribution < -0.4 is 9.47 Å². The van der Waals surface area contributed by atoms with Crippen molar-refractivity contribution in [1.29, 1.82) is 0 Å². The summed E-state index contributed by atoms with van der Waals surface area (Å²) in [5.41, 5.74) is 2.65. The van der Waals surface area contributed by atoms with Crippen LogP contribution in [0.3, 0.4) is 0 Å². The number of alkyl halides is 1. The summed E-state index contributed by atoms with van der Waals surface area (Å²) < 4.78 is 24.5. The van der Waals surface area contributed by atoms with Gasteiger partial charge >= 0.3 is 0 Å². The Morgan fingerprint density at radius 2 is 1.70 bits per heavy atom. The number of methoxy groups -OCH3 is 2. The zero-order valence-electron chi connectivity index (χ0n) is 11.6. The molecule has 0 saturated heterocycles. The van der Waals surface area contributed by atoms with E-state index in [0.717, 1.165) is 11.1 Å². The van der Waals surface area contributed by atoms with Gasteiger partial charge in [-0.1, -0.05) is 45.8 Å². The molecular weight excluding hydrogens is 323 g/mol. The summed E-state index contributed by atoms with van der Waals surface area (Å²) in [4.78, 5) is -0.234. The smallest absolute Gasteiger partial charge is 0.163 e. The Morgan fingerprint density at radius 1 is 1.05 bits per heavy atom. The second kappa shape index (κ2) is 6.27. The third-order valence-corrected chi connectivity index (χ3v) is 4.13. The highest BCUT2D eigenvalue weighted by molar-refractivity contribution is 9.09. The summed E-state index contributed by atoms with van der Waals surface area (Å²) in [7, 11) is 3.03. The van der Waals surface area contributed by atoms with Crippen molar-refractivity contribution < 1.29 is 13.9 Å². The van der Waals surface area contributed by atoms with Crippen LogP contribution in [0.15, 0.2) is 36.4 Å². The van der Waals surface area contributed by atoms with Crippen LogP contribution in [0.1, 0.15) is 21.5 Å². The maximum absolute atomic E-state index is 14.2. The number of hydrogen-bond donors (Lipinski definition) is 0. The molecule has 2 rings (SSSR count). The van der Waals surface area contributed by atoms with E-state index in [2.05, 4.69) is 15.9 Å². The van der Waals surface area contributed by atoms with Crippen LogP contribution >= 0.6 is 15.9 Å². The minimum Gasteiger partial charge on any atom is -0.493 e. The second-order valence-electron chi connectivity index (χ2n) is 4.51. The first-order chi connectivity index (χ1) is 9.56. The van der Waals surface area contributed by atoms with Crippen molar-refractivity contribution in [2.75, 3.05) is 14.2 Å². The molecule has 2 aromatic carbocycles. The van der Waals surface area contributed by atoms with E-state index >= 15 is 0 Å². The molecule has 0 amide bonds. The monoisotopic (exact) mass is 338 g/mol. The summed E-state index contributed by atoms with van der Waals surface area (Å²) in [5.74, 6) is 0.574. The minimum absolute atomic E-state index is 0.234. The Kier molecular flexibility index (Phi) is 4.65. The Balaban J connectivity index is 2.46. The summed E-state index contributed by atoms with van der Waals surface area (Å²) >= 11 is 3.55. The van der Waals surface area contributed by atoms with Gasteiger partial charge < -0.3 is 9.47 Å². The number of benzene rings is 2. The molecule has 0 aromatic heterocycles. The van der Waals surface area contributed by atoms with E-state index < -0.39 is 0 Å². The van der Waals surface area contributed by atoms with E-state index in [4.69, 9.17) is 9.47 Å². The van der Waals surface area contributed by atoms with Gasteiger partial charge in [0.1, 0.15) is 5.82 Å². The molecule has 0 aliphatic heterocycles. The number of hydrogen-bond acceptors (Lipinski definition) is 2. The van der Waals surface area contributed by atoms with Gasteiger partial charge in [-0.25, -0.2) is 4.39 Å². The van der Waals surface area contributed by atoms with Crippen molar-refractivity contribution in [2.45, 2.75) is 11.8 Å². The number of rotatable bonds is 4. The highest BCUT2D eigenvalue weighted by Gasteiger charge is 2.18. The molecule has 0 fully saturated rings. The third kappa shape index (κ3) is 2.96. The van der Waals surface area contributed by atoms with Crippen LogP contribution in [0.25, 0.3) is 0 Å². The van der Waals surface area contributed by atoms with Crippen molar-refractivity contribution in [3.8, 4) is 11.5 Å². The lowest BCUT2D eigenvalue weighted by atomic mass is 10.0. The van der Waals surface area contributed by atoms with E-state index in [0.29, 0.717) is 17.1 Å². The molecule has 0 aliphatic rings. The molecule has 106 valence electrons. The number of ether oxygens (including phenoxy) is 2. The second-order valence-corrected chi connectivity index (χ2v) is 5.42. The predicted octanol–water partition coefficient (Wildman–Crippen LogP) is 4.64. The van der Waals surface area contributed by atoms with E-state index in [1.807, 2.05) is 31.2 Å². The van der Waals surface area contributed by atoms with Crippen LogP contribution in [0.5, 0.6) is 11.5 Å². The van der Waals surface area contributed by atoms with Crippen LogP contribution in [0.4, 0.5) is 4.39 Å². The van der Waals surface area contributed by atoms with Gasteiger partial charge in [-0.15, -0.1) is 0 Å². The Bertz CT molecular complexity index is 613. The van der Waals surface area contributed by atoms with Gasteiger partial charge in [0.2, 0.25) is 0 Å². The van der Waals surface area contributed by atoms with Crippen molar-refractivity contribution in [1.82, 2.24) is 0 Å². The molecule has 0 bridgehead atoms. The Labute approximate surface area is 126 Å². The first-order valence-corrected chi connectivity index (χ1v) is 7.10. The fourth-order valence-corrected chi connectivity index (χ4v) is 2.71. The third-order valence-electron chi connectivity index (χ3n) is 3.11. The average molecular weight is 339 g/mol. The van der Waals surface area contributed by atoms with Gasteiger partial charge in [-0.3, -0.25) is 0 Å². The topological polar surface area (TPSA) is 18.5 Å².